The molecule has 2 aliphatic heterocycles. The number of hydrogen-bond donors (Lipinski definition) is 0. The molecule has 0 radical (unpaired) electrons. The number of carbonyl (C=O) groups excluding carboxylic acids is 1. The molecule has 47 heavy (non-hydrogen) atoms. The van der Waals surface area contributed by atoms with Crippen molar-refractivity contribution < 1.29 is 14.3 Å². The van der Waals surface area contributed by atoms with Crippen LogP contribution in [0.1, 0.15) is 55.0 Å². The van der Waals surface area contributed by atoms with Crippen LogP contribution in [0.2, 0.25) is 0 Å². The minimum atomic E-state index is -0.166. The van der Waals surface area contributed by atoms with E-state index in [4.69, 9.17) is 9.47 Å². The largest absolute Gasteiger partial charge is 0.496 e. The maximum atomic E-state index is 13.3. The second-order valence-corrected chi connectivity index (χ2v) is 13.0. The number of hydrogen-bond acceptors (Lipinski definition) is 7. The van der Waals surface area contributed by atoms with Crippen molar-refractivity contribution in [1.82, 2.24) is 14.4 Å². The van der Waals surface area contributed by atoms with Crippen molar-refractivity contribution >= 4 is 11.6 Å². The number of nitriles is 1. The van der Waals surface area contributed by atoms with Crippen molar-refractivity contribution in [2.75, 3.05) is 51.8 Å². The van der Waals surface area contributed by atoms with Crippen LogP contribution < -0.4 is 19.9 Å². The van der Waals surface area contributed by atoms with E-state index in [-0.39, 0.29) is 29.0 Å². The SMILES string of the molecule is COc1cc(-c2cn(C)c(=O)c(C)c2C)cc(OC)c1CN1CCN(c2cccc(C3CCCN3C(=O)/C(C#N)=C/C(C)C)c2)CC1. The molecule has 248 valence electrons. The first-order chi connectivity index (χ1) is 22.6. The first-order valence-corrected chi connectivity index (χ1v) is 16.5. The van der Waals surface area contributed by atoms with E-state index in [0.717, 1.165) is 89.6 Å². The molecule has 3 heterocycles. The lowest BCUT2D eigenvalue weighted by Gasteiger charge is -2.37. The number of methoxy groups -OCH3 is 2. The molecule has 2 aromatic carbocycles. The highest BCUT2D eigenvalue weighted by Gasteiger charge is 2.32. The molecule has 1 amide bonds. The molecule has 0 N–H and O–H groups in total. The van der Waals surface area contributed by atoms with Crippen LogP contribution in [0.15, 0.2) is 59.0 Å². The summed E-state index contributed by atoms with van der Waals surface area (Å²) in [5.41, 5.74) is 7.13. The van der Waals surface area contributed by atoms with Gasteiger partial charge in [0.25, 0.3) is 11.5 Å². The van der Waals surface area contributed by atoms with Crippen LogP contribution >= 0.6 is 0 Å². The van der Waals surface area contributed by atoms with Gasteiger partial charge in [-0.25, -0.2) is 0 Å². The van der Waals surface area contributed by atoms with Gasteiger partial charge in [-0.15, -0.1) is 0 Å². The predicted octanol–water partition coefficient (Wildman–Crippen LogP) is 5.78. The first kappa shape index (κ1) is 33.8. The number of aryl methyl sites for hydroxylation is 1. The van der Waals surface area contributed by atoms with Crippen LogP contribution in [0.3, 0.4) is 0 Å². The third-order valence-electron chi connectivity index (χ3n) is 9.59. The third kappa shape index (κ3) is 7.08. The van der Waals surface area contributed by atoms with E-state index in [2.05, 4.69) is 40.1 Å². The molecule has 3 aromatic rings. The fourth-order valence-corrected chi connectivity index (χ4v) is 6.88. The minimum Gasteiger partial charge on any atom is -0.496 e. The van der Waals surface area contributed by atoms with E-state index < -0.39 is 0 Å². The molecular weight excluding hydrogens is 590 g/mol. The lowest BCUT2D eigenvalue weighted by atomic mass is 9.97. The number of piperazine rings is 1. The molecule has 9 heteroatoms. The summed E-state index contributed by atoms with van der Waals surface area (Å²) in [6, 6.07) is 14.7. The van der Waals surface area contributed by atoms with E-state index in [1.165, 1.54) is 0 Å². The summed E-state index contributed by atoms with van der Waals surface area (Å²) in [7, 11) is 5.15. The summed E-state index contributed by atoms with van der Waals surface area (Å²) in [4.78, 5) is 32.5. The van der Waals surface area contributed by atoms with Gasteiger partial charge in [0, 0.05) is 69.3 Å². The number of aromatic nitrogens is 1. The van der Waals surface area contributed by atoms with E-state index in [9.17, 15) is 14.9 Å². The molecule has 5 rings (SSSR count). The highest BCUT2D eigenvalue weighted by molar-refractivity contribution is 5.97. The molecule has 2 fully saturated rings. The number of allylic oxidation sites excluding steroid dienone is 1. The van der Waals surface area contributed by atoms with Crippen LogP contribution in [0.5, 0.6) is 11.5 Å². The van der Waals surface area contributed by atoms with Crippen LogP contribution in [0.25, 0.3) is 11.1 Å². The highest BCUT2D eigenvalue weighted by atomic mass is 16.5. The highest BCUT2D eigenvalue weighted by Crippen LogP contribution is 2.38. The van der Waals surface area contributed by atoms with Gasteiger partial charge in [-0.3, -0.25) is 14.5 Å². The lowest BCUT2D eigenvalue weighted by molar-refractivity contribution is -0.127. The van der Waals surface area contributed by atoms with Gasteiger partial charge < -0.3 is 23.8 Å². The summed E-state index contributed by atoms with van der Waals surface area (Å²) in [5.74, 6) is 1.50. The van der Waals surface area contributed by atoms with Crippen LogP contribution in [-0.2, 0) is 18.4 Å². The Morgan fingerprint density at radius 2 is 1.70 bits per heavy atom. The predicted molar refractivity (Wildman–Crippen MR) is 186 cm³/mol. The Balaban J connectivity index is 1.30. The molecule has 0 aliphatic carbocycles. The molecule has 2 saturated heterocycles. The maximum Gasteiger partial charge on any atom is 0.264 e. The molecule has 1 atom stereocenters. The zero-order chi connectivity index (χ0) is 33.8. The number of rotatable bonds is 9. The van der Waals surface area contributed by atoms with E-state index in [1.807, 2.05) is 50.9 Å². The average molecular weight is 638 g/mol. The summed E-state index contributed by atoms with van der Waals surface area (Å²) in [5, 5.41) is 9.64. The normalized spacial score (nSPS) is 17.3. The summed E-state index contributed by atoms with van der Waals surface area (Å²) < 4.78 is 13.4. The molecule has 0 bridgehead atoms. The Morgan fingerprint density at radius 1 is 1.02 bits per heavy atom. The number of nitrogens with zero attached hydrogens (tertiary/aromatic N) is 5. The number of pyridine rings is 1. The van der Waals surface area contributed by atoms with Gasteiger partial charge in [-0.2, -0.15) is 5.26 Å². The second kappa shape index (κ2) is 14.5. The Labute approximate surface area is 278 Å². The van der Waals surface area contributed by atoms with Crippen LogP contribution in [0.4, 0.5) is 5.69 Å². The number of likely N-dealkylation sites (tertiary alicyclic amines) is 1. The Morgan fingerprint density at radius 3 is 2.32 bits per heavy atom. The number of ether oxygens (including phenoxy) is 2. The van der Waals surface area contributed by atoms with E-state index in [0.29, 0.717) is 13.1 Å². The molecule has 1 aromatic heterocycles. The van der Waals surface area contributed by atoms with Crippen LogP contribution in [-0.4, -0.2) is 67.2 Å². The number of anilines is 1. The molecular formula is C38H47N5O4. The molecule has 0 saturated carbocycles. The van der Waals surface area contributed by atoms with Gasteiger partial charge in [-0.05, 0) is 73.6 Å². The fraction of sp³-hybridized carbons (Fsp3) is 0.447. The van der Waals surface area contributed by atoms with Gasteiger partial charge in [0.15, 0.2) is 0 Å². The van der Waals surface area contributed by atoms with Crippen LogP contribution in [0, 0.1) is 31.1 Å². The number of carbonyl (C=O) groups is 1. The third-order valence-corrected chi connectivity index (χ3v) is 9.59. The Bertz CT molecular complexity index is 1740. The molecule has 9 nitrogen and oxygen atoms in total. The summed E-state index contributed by atoms with van der Waals surface area (Å²) >= 11 is 0. The lowest BCUT2D eigenvalue weighted by Crippen LogP contribution is -2.46. The average Bonchev–Trinajstić information content (AvgIpc) is 3.58. The van der Waals surface area contributed by atoms with Crippen molar-refractivity contribution in [2.45, 2.75) is 53.1 Å². The molecule has 0 spiro atoms. The van der Waals surface area contributed by atoms with Gasteiger partial charge in [0.2, 0.25) is 0 Å². The van der Waals surface area contributed by atoms with Gasteiger partial charge in [0.05, 0.1) is 25.8 Å². The monoisotopic (exact) mass is 637 g/mol. The Kier molecular flexibility index (Phi) is 10.4. The van der Waals surface area contributed by atoms with Gasteiger partial charge in [0.1, 0.15) is 23.1 Å². The Hall–Kier alpha value is -4.55. The zero-order valence-corrected chi connectivity index (χ0v) is 28.8. The fourth-order valence-electron chi connectivity index (χ4n) is 6.88. The van der Waals surface area contributed by atoms with Crippen molar-refractivity contribution in [3.63, 3.8) is 0 Å². The zero-order valence-electron chi connectivity index (χ0n) is 28.8. The first-order valence-electron chi connectivity index (χ1n) is 16.5. The smallest absolute Gasteiger partial charge is 0.264 e. The molecule has 2 aliphatic rings. The van der Waals surface area contributed by atoms with Crippen molar-refractivity contribution in [1.29, 1.82) is 5.26 Å². The standard InChI is InChI=1S/C38H47N5O4/c1-25(2)18-30(22-39)38(45)43-13-9-12-34(43)28-10-8-11-31(19-28)42-16-14-41(15-17-42)24-33-35(46-6)20-29(21-36(33)47-7)32-23-40(5)37(44)27(4)26(32)3/h8,10-11,18-21,23,25,34H,9,12-17,24H2,1-7H3/b30-18+. The topological polar surface area (TPSA) is 91.0 Å². The minimum absolute atomic E-state index is 0.00648. The summed E-state index contributed by atoms with van der Waals surface area (Å²) in [6.45, 7) is 12.6. The van der Waals surface area contributed by atoms with E-state index >= 15 is 0 Å². The van der Waals surface area contributed by atoms with Gasteiger partial charge in [-0.1, -0.05) is 32.1 Å². The maximum absolute atomic E-state index is 13.3. The van der Waals surface area contributed by atoms with Crippen molar-refractivity contribution in [3.05, 3.63) is 86.9 Å². The van der Waals surface area contributed by atoms with Gasteiger partial charge >= 0.3 is 0 Å². The quantitative estimate of drug-likeness (QED) is 0.217. The number of benzene rings is 2. The molecule has 1 unspecified atom stereocenters. The second-order valence-electron chi connectivity index (χ2n) is 13.0. The number of amides is 1. The van der Waals surface area contributed by atoms with Crippen molar-refractivity contribution in [2.24, 2.45) is 13.0 Å². The van der Waals surface area contributed by atoms with Crippen molar-refractivity contribution in [3.8, 4) is 28.7 Å². The summed E-state index contributed by atoms with van der Waals surface area (Å²) in [6.07, 6.45) is 5.47. The van der Waals surface area contributed by atoms with E-state index in [1.54, 1.807) is 31.9 Å².